The van der Waals surface area contributed by atoms with E-state index >= 15 is 0 Å². The van der Waals surface area contributed by atoms with E-state index in [1.807, 2.05) is 6.92 Å². The van der Waals surface area contributed by atoms with Crippen LogP contribution < -0.4 is 11.1 Å². The first kappa shape index (κ1) is 25.0. The lowest BCUT2D eigenvalue weighted by atomic mass is 9.89. The minimum Gasteiger partial charge on any atom is -0.392 e. The summed E-state index contributed by atoms with van der Waals surface area (Å²) in [5.74, 6) is 0.221. The molecule has 1 amide bonds. The summed E-state index contributed by atoms with van der Waals surface area (Å²) in [5, 5.41) is 20.4. The van der Waals surface area contributed by atoms with Crippen LogP contribution in [0.25, 0.3) is 17.2 Å². The van der Waals surface area contributed by atoms with Crippen LogP contribution in [0.3, 0.4) is 0 Å². The highest BCUT2D eigenvalue weighted by molar-refractivity contribution is 6.04. The van der Waals surface area contributed by atoms with Gasteiger partial charge >= 0.3 is 0 Å². The number of benzene rings is 2. The minimum atomic E-state index is -0.208. The van der Waals surface area contributed by atoms with Gasteiger partial charge in [0.2, 0.25) is 0 Å². The van der Waals surface area contributed by atoms with E-state index in [2.05, 4.69) is 16.9 Å². The second-order valence-corrected chi connectivity index (χ2v) is 9.15. The number of carbonyl (C=O) groups excluding carboxylic acids is 2. The van der Waals surface area contributed by atoms with Crippen molar-refractivity contribution in [3.05, 3.63) is 94.3 Å². The van der Waals surface area contributed by atoms with Crippen molar-refractivity contribution in [2.24, 2.45) is 11.7 Å². The zero-order valence-corrected chi connectivity index (χ0v) is 20.3. The Bertz CT molecular complexity index is 1340. The molecular formula is C29H30N4O3. The number of ketones is 1. The van der Waals surface area contributed by atoms with Crippen LogP contribution >= 0.6 is 0 Å². The number of aliphatic hydroxyl groups excluding tert-OH is 1. The molecule has 1 aromatic heterocycles. The topological polar surface area (TPSA) is 129 Å². The molecule has 36 heavy (non-hydrogen) atoms. The van der Waals surface area contributed by atoms with Crippen molar-refractivity contribution in [3.63, 3.8) is 0 Å². The van der Waals surface area contributed by atoms with E-state index in [4.69, 9.17) is 11.1 Å². The molecule has 0 bridgehead atoms. The van der Waals surface area contributed by atoms with Crippen LogP contribution in [0.15, 0.2) is 55.1 Å². The van der Waals surface area contributed by atoms with Gasteiger partial charge in [-0.3, -0.25) is 15.0 Å². The van der Waals surface area contributed by atoms with Crippen LogP contribution in [0.5, 0.6) is 0 Å². The summed E-state index contributed by atoms with van der Waals surface area (Å²) in [6, 6.07) is 14.0. The number of amides is 1. The van der Waals surface area contributed by atoms with Crippen LogP contribution in [-0.2, 0) is 13.0 Å². The van der Waals surface area contributed by atoms with Crippen LogP contribution in [-0.4, -0.2) is 34.2 Å². The average molecular weight is 483 g/mol. The molecule has 1 saturated carbocycles. The number of rotatable bonds is 10. The Balaban J connectivity index is 1.68. The highest BCUT2D eigenvalue weighted by Gasteiger charge is 2.23. The average Bonchev–Trinajstić information content (AvgIpc) is 3.71. The molecular weight excluding hydrogens is 452 g/mol. The van der Waals surface area contributed by atoms with Gasteiger partial charge in [-0.25, -0.2) is 4.98 Å². The maximum atomic E-state index is 13.5. The third kappa shape index (κ3) is 5.58. The number of nitrogens with two attached hydrogens (primary N) is 1. The van der Waals surface area contributed by atoms with Crippen LogP contribution in [0.2, 0.25) is 0 Å². The summed E-state index contributed by atoms with van der Waals surface area (Å²) in [4.78, 5) is 30.5. The molecule has 1 aliphatic carbocycles. The van der Waals surface area contributed by atoms with E-state index in [-0.39, 0.29) is 30.6 Å². The van der Waals surface area contributed by atoms with E-state index in [1.165, 1.54) is 0 Å². The molecule has 0 radical (unpaired) electrons. The number of hydrogen-bond acceptors (Lipinski definition) is 5. The lowest BCUT2D eigenvalue weighted by Gasteiger charge is -2.16. The van der Waals surface area contributed by atoms with Crippen LogP contribution in [0.1, 0.15) is 61.6 Å². The molecule has 1 heterocycles. The Hall–Kier alpha value is -4.10. The molecule has 2 aromatic carbocycles. The maximum absolute atomic E-state index is 13.5. The summed E-state index contributed by atoms with van der Waals surface area (Å²) >= 11 is 0. The van der Waals surface area contributed by atoms with Crippen molar-refractivity contribution in [3.8, 4) is 11.1 Å². The number of nitrogens with zero attached hydrogens (tertiary/aromatic N) is 1. The van der Waals surface area contributed by atoms with Gasteiger partial charge in [0.15, 0.2) is 5.78 Å². The Labute approximate surface area is 210 Å². The number of hydrogen-bond donors (Lipinski definition) is 4. The van der Waals surface area contributed by atoms with Gasteiger partial charge in [0, 0.05) is 35.3 Å². The first-order valence-electron chi connectivity index (χ1n) is 11.9. The highest BCUT2D eigenvalue weighted by atomic mass is 16.3. The molecule has 5 N–H and O–H groups in total. The van der Waals surface area contributed by atoms with Gasteiger partial charge in [-0.15, -0.1) is 0 Å². The summed E-state index contributed by atoms with van der Waals surface area (Å²) in [6.45, 7) is 6.09. The van der Waals surface area contributed by atoms with E-state index < -0.39 is 0 Å². The third-order valence-electron chi connectivity index (χ3n) is 6.46. The van der Waals surface area contributed by atoms with Gasteiger partial charge in [0.05, 0.1) is 6.61 Å². The predicted molar refractivity (Wildman–Crippen MR) is 141 cm³/mol. The van der Waals surface area contributed by atoms with Crippen LogP contribution in [0.4, 0.5) is 0 Å². The van der Waals surface area contributed by atoms with Gasteiger partial charge in [0.25, 0.3) is 5.91 Å². The lowest BCUT2D eigenvalue weighted by Crippen LogP contribution is -2.26. The Morgan fingerprint density at radius 3 is 2.47 bits per heavy atom. The van der Waals surface area contributed by atoms with Crippen molar-refractivity contribution in [2.45, 2.75) is 32.8 Å². The number of aryl methyl sites for hydroxylation is 1. The molecule has 0 atom stereocenters. The minimum absolute atomic E-state index is 0.0296. The molecule has 7 heteroatoms. The predicted octanol–water partition coefficient (Wildman–Crippen LogP) is 4.04. The Morgan fingerprint density at radius 2 is 1.89 bits per heavy atom. The number of pyridine rings is 1. The highest BCUT2D eigenvalue weighted by Crippen LogP contribution is 2.31. The first-order valence-corrected chi connectivity index (χ1v) is 11.9. The number of aromatic nitrogens is 1. The van der Waals surface area contributed by atoms with Crippen molar-refractivity contribution in [1.82, 2.24) is 10.3 Å². The number of Topliss-reactive ketones (excluding diaryl/α,β-unsaturated/α-hetero) is 1. The Morgan fingerprint density at radius 1 is 1.17 bits per heavy atom. The molecule has 7 nitrogen and oxygen atoms in total. The van der Waals surface area contributed by atoms with Crippen molar-refractivity contribution < 1.29 is 14.7 Å². The van der Waals surface area contributed by atoms with Gasteiger partial charge in [-0.1, -0.05) is 43.0 Å². The fourth-order valence-electron chi connectivity index (χ4n) is 4.15. The number of nitrogen functional groups attached to an aromatic ring is 1. The number of carbonyl (C=O) groups is 2. The fraction of sp³-hybridized carbons (Fsp3) is 0.241. The number of nitrogens with one attached hydrogen (secondary N) is 2. The quantitative estimate of drug-likeness (QED) is 0.197. The number of aliphatic hydroxyl groups is 1. The SMILES string of the molecule is C=Cc1cc(C(=O)Cc2ccc(C(=N)N)cc2)c(-c2ccc(C(=O)NCC3CC3)nc2C)cc1CO. The summed E-state index contributed by atoms with van der Waals surface area (Å²) in [7, 11) is 0. The molecule has 1 fully saturated rings. The second kappa shape index (κ2) is 10.7. The molecule has 4 rings (SSSR count). The maximum Gasteiger partial charge on any atom is 0.269 e. The molecule has 0 saturated heterocycles. The van der Waals surface area contributed by atoms with E-state index in [0.29, 0.717) is 57.2 Å². The molecule has 0 aliphatic heterocycles. The van der Waals surface area contributed by atoms with Gasteiger partial charge in [0.1, 0.15) is 11.5 Å². The van der Waals surface area contributed by atoms with E-state index in [9.17, 15) is 14.7 Å². The zero-order chi connectivity index (χ0) is 25.8. The second-order valence-electron chi connectivity index (χ2n) is 9.15. The standard InChI is InChI=1S/C29H30N4O3/c1-3-20-13-25(27(35)12-18-6-8-21(9-7-18)28(30)31)24(14-22(20)16-34)23-10-11-26(33-17(23)2)29(36)32-15-19-4-5-19/h3,6-11,13-14,19,34H,1,4-5,12,15-16H2,2H3,(H3,30,31)(H,32,36). The molecule has 3 aromatic rings. The largest absolute Gasteiger partial charge is 0.392 e. The number of amidine groups is 1. The van der Waals surface area contributed by atoms with Crippen LogP contribution in [0, 0.1) is 18.3 Å². The van der Waals surface area contributed by atoms with Gasteiger partial charge in [-0.2, -0.15) is 0 Å². The van der Waals surface area contributed by atoms with E-state index in [1.54, 1.807) is 54.6 Å². The van der Waals surface area contributed by atoms with Crippen molar-refractivity contribution >= 4 is 23.6 Å². The molecule has 1 aliphatic rings. The summed E-state index contributed by atoms with van der Waals surface area (Å²) in [5.41, 5.74) is 11.0. The summed E-state index contributed by atoms with van der Waals surface area (Å²) in [6.07, 6.45) is 4.06. The molecule has 0 spiro atoms. The monoisotopic (exact) mass is 482 g/mol. The summed E-state index contributed by atoms with van der Waals surface area (Å²) < 4.78 is 0. The smallest absolute Gasteiger partial charge is 0.269 e. The first-order chi connectivity index (χ1) is 17.3. The Kier molecular flexibility index (Phi) is 7.41. The zero-order valence-electron chi connectivity index (χ0n) is 20.3. The third-order valence-corrected chi connectivity index (χ3v) is 6.46. The fourth-order valence-corrected chi connectivity index (χ4v) is 4.15. The molecule has 184 valence electrons. The van der Waals surface area contributed by atoms with Gasteiger partial charge < -0.3 is 16.2 Å². The van der Waals surface area contributed by atoms with E-state index in [0.717, 1.165) is 18.4 Å². The van der Waals surface area contributed by atoms with Crippen molar-refractivity contribution in [2.75, 3.05) is 6.54 Å². The van der Waals surface area contributed by atoms with Crippen molar-refractivity contribution in [1.29, 1.82) is 5.41 Å². The lowest BCUT2D eigenvalue weighted by molar-refractivity contribution is 0.0945. The van der Waals surface area contributed by atoms with Gasteiger partial charge in [-0.05, 0) is 66.1 Å². The normalized spacial score (nSPS) is 12.7. The molecule has 0 unspecified atom stereocenters.